The molecule has 0 bridgehead atoms. The first-order valence-electron chi connectivity index (χ1n) is 8.42. The molecule has 0 aliphatic heterocycles. The van der Waals surface area contributed by atoms with Crippen LogP contribution in [0.3, 0.4) is 0 Å². The Labute approximate surface area is 157 Å². The molecule has 134 valence electrons. The van der Waals surface area contributed by atoms with Gasteiger partial charge in [-0.05, 0) is 55.8 Å². The smallest absolute Gasteiger partial charge is 0.224 e. The van der Waals surface area contributed by atoms with Gasteiger partial charge in [-0.2, -0.15) is 5.10 Å². The van der Waals surface area contributed by atoms with Crippen LogP contribution < -0.4 is 10.1 Å². The number of hydrogen-bond donors (Lipinski definition) is 1. The van der Waals surface area contributed by atoms with Crippen molar-refractivity contribution < 1.29 is 9.53 Å². The second kappa shape index (κ2) is 8.54. The Balaban J connectivity index is 1.44. The second-order valence-electron chi connectivity index (χ2n) is 5.88. The molecule has 0 saturated carbocycles. The number of ether oxygens (including phenoxy) is 1. The van der Waals surface area contributed by atoms with Crippen LogP contribution in [0.2, 0.25) is 5.02 Å². The summed E-state index contributed by atoms with van der Waals surface area (Å²) in [6.45, 7) is 2.38. The summed E-state index contributed by atoms with van der Waals surface area (Å²) in [5.41, 5.74) is 2.67. The van der Waals surface area contributed by atoms with Crippen molar-refractivity contribution in [3.8, 4) is 11.4 Å². The lowest BCUT2D eigenvalue weighted by atomic mass is 10.2. The number of nitrogens with zero attached hydrogens (tertiary/aromatic N) is 2. The predicted molar refractivity (Wildman–Crippen MR) is 103 cm³/mol. The summed E-state index contributed by atoms with van der Waals surface area (Å²) < 4.78 is 7.38. The van der Waals surface area contributed by atoms with Crippen molar-refractivity contribution in [1.82, 2.24) is 9.78 Å². The number of carbonyl (C=O) groups excluding carboxylic acids is 1. The standard InChI is InChI=1S/C20H20ClN3O2/c1-15-12-13-24(23-15)17-10-8-16(9-11-17)22-20(25)7-4-14-26-19-6-3-2-5-18(19)21/h2-3,5-6,8-13H,4,7,14H2,1H3,(H,22,25). The summed E-state index contributed by atoms with van der Waals surface area (Å²) in [6.07, 6.45) is 2.90. The molecule has 0 unspecified atom stereocenters. The molecular formula is C20H20ClN3O2. The molecule has 2 aromatic carbocycles. The highest BCUT2D eigenvalue weighted by atomic mass is 35.5. The number of benzene rings is 2. The Morgan fingerprint density at radius 2 is 1.92 bits per heavy atom. The molecule has 1 aromatic heterocycles. The summed E-state index contributed by atoms with van der Waals surface area (Å²) in [5.74, 6) is 0.592. The predicted octanol–water partition coefficient (Wildman–Crippen LogP) is 4.63. The zero-order chi connectivity index (χ0) is 18.4. The van der Waals surface area contributed by atoms with Crippen LogP contribution >= 0.6 is 11.6 Å². The van der Waals surface area contributed by atoms with Crippen molar-refractivity contribution in [3.63, 3.8) is 0 Å². The minimum atomic E-state index is -0.0459. The fourth-order valence-corrected chi connectivity index (χ4v) is 2.65. The van der Waals surface area contributed by atoms with E-state index in [1.165, 1.54) is 0 Å². The molecule has 1 heterocycles. The summed E-state index contributed by atoms with van der Waals surface area (Å²) in [7, 11) is 0. The molecule has 3 aromatic rings. The molecule has 26 heavy (non-hydrogen) atoms. The topological polar surface area (TPSA) is 56.2 Å². The van der Waals surface area contributed by atoms with E-state index >= 15 is 0 Å². The average molecular weight is 370 g/mol. The van der Waals surface area contributed by atoms with E-state index < -0.39 is 0 Å². The number of amides is 1. The Hall–Kier alpha value is -2.79. The van der Waals surface area contributed by atoms with Gasteiger partial charge in [0.05, 0.1) is 23.0 Å². The van der Waals surface area contributed by atoms with Crippen molar-refractivity contribution in [2.45, 2.75) is 19.8 Å². The maximum atomic E-state index is 12.0. The van der Waals surface area contributed by atoms with Gasteiger partial charge in [0.25, 0.3) is 0 Å². The molecule has 0 radical (unpaired) electrons. The lowest BCUT2D eigenvalue weighted by molar-refractivity contribution is -0.116. The van der Waals surface area contributed by atoms with Gasteiger partial charge in [0.15, 0.2) is 0 Å². The van der Waals surface area contributed by atoms with Crippen LogP contribution in [0.1, 0.15) is 18.5 Å². The molecular weight excluding hydrogens is 350 g/mol. The lowest BCUT2D eigenvalue weighted by Crippen LogP contribution is -2.13. The molecule has 0 aliphatic rings. The van der Waals surface area contributed by atoms with E-state index in [1.54, 1.807) is 10.7 Å². The van der Waals surface area contributed by atoms with E-state index in [9.17, 15) is 4.79 Å². The number of rotatable bonds is 7. The number of para-hydroxylation sites is 1. The number of carbonyl (C=O) groups is 1. The van der Waals surface area contributed by atoms with Gasteiger partial charge in [0.2, 0.25) is 5.91 Å². The van der Waals surface area contributed by atoms with Gasteiger partial charge >= 0.3 is 0 Å². The Morgan fingerprint density at radius 1 is 1.15 bits per heavy atom. The van der Waals surface area contributed by atoms with E-state index in [-0.39, 0.29) is 5.91 Å². The maximum Gasteiger partial charge on any atom is 0.224 e. The zero-order valence-corrected chi connectivity index (χ0v) is 15.2. The number of anilines is 1. The molecule has 5 nitrogen and oxygen atoms in total. The van der Waals surface area contributed by atoms with Crippen molar-refractivity contribution in [2.24, 2.45) is 0 Å². The average Bonchev–Trinajstić information content (AvgIpc) is 3.07. The fourth-order valence-electron chi connectivity index (χ4n) is 2.46. The minimum Gasteiger partial charge on any atom is -0.492 e. The van der Waals surface area contributed by atoms with Gasteiger partial charge < -0.3 is 10.1 Å². The Kier molecular flexibility index (Phi) is 5.92. The molecule has 0 spiro atoms. The molecule has 0 fully saturated rings. The van der Waals surface area contributed by atoms with Crippen LogP contribution in [0.5, 0.6) is 5.75 Å². The third-order valence-corrected chi connectivity index (χ3v) is 4.09. The van der Waals surface area contributed by atoms with Crippen LogP contribution in [-0.4, -0.2) is 22.3 Å². The van der Waals surface area contributed by atoms with Gasteiger partial charge in [-0.3, -0.25) is 4.79 Å². The van der Waals surface area contributed by atoms with Crippen LogP contribution in [0, 0.1) is 6.92 Å². The number of halogens is 1. The summed E-state index contributed by atoms with van der Waals surface area (Å²) >= 11 is 6.02. The zero-order valence-electron chi connectivity index (χ0n) is 14.5. The van der Waals surface area contributed by atoms with Crippen LogP contribution in [0.25, 0.3) is 5.69 Å². The number of hydrogen-bond acceptors (Lipinski definition) is 3. The first-order valence-corrected chi connectivity index (χ1v) is 8.79. The van der Waals surface area contributed by atoms with E-state index in [4.69, 9.17) is 16.3 Å². The largest absolute Gasteiger partial charge is 0.492 e. The molecule has 1 N–H and O–H groups in total. The normalized spacial score (nSPS) is 10.5. The van der Waals surface area contributed by atoms with Crippen molar-refractivity contribution >= 4 is 23.2 Å². The van der Waals surface area contributed by atoms with Crippen LogP contribution in [0.15, 0.2) is 60.8 Å². The lowest BCUT2D eigenvalue weighted by Gasteiger charge is -2.09. The van der Waals surface area contributed by atoms with Gasteiger partial charge in [-0.1, -0.05) is 23.7 Å². The fraction of sp³-hybridized carbons (Fsp3) is 0.200. The summed E-state index contributed by atoms with van der Waals surface area (Å²) in [4.78, 5) is 12.0. The Morgan fingerprint density at radius 3 is 2.62 bits per heavy atom. The molecule has 6 heteroatoms. The van der Waals surface area contributed by atoms with Crippen LogP contribution in [-0.2, 0) is 4.79 Å². The highest BCUT2D eigenvalue weighted by Gasteiger charge is 2.05. The van der Waals surface area contributed by atoms with E-state index in [1.807, 2.05) is 61.7 Å². The molecule has 0 aliphatic carbocycles. The minimum absolute atomic E-state index is 0.0459. The summed E-state index contributed by atoms with van der Waals surface area (Å²) in [5, 5.41) is 7.82. The molecule has 0 atom stereocenters. The van der Waals surface area contributed by atoms with Crippen LogP contribution in [0.4, 0.5) is 5.69 Å². The number of aryl methyl sites for hydroxylation is 1. The van der Waals surface area contributed by atoms with Gasteiger partial charge in [0, 0.05) is 18.3 Å². The van der Waals surface area contributed by atoms with E-state index in [0.29, 0.717) is 30.2 Å². The Bertz CT molecular complexity index is 875. The van der Waals surface area contributed by atoms with Gasteiger partial charge in [-0.25, -0.2) is 4.68 Å². The van der Waals surface area contributed by atoms with E-state index in [2.05, 4.69) is 10.4 Å². The van der Waals surface area contributed by atoms with Crippen molar-refractivity contribution in [1.29, 1.82) is 0 Å². The van der Waals surface area contributed by atoms with Crippen molar-refractivity contribution in [2.75, 3.05) is 11.9 Å². The highest BCUT2D eigenvalue weighted by molar-refractivity contribution is 6.32. The maximum absolute atomic E-state index is 12.0. The van der Waals surface area contributed by atoms with Gasteiger partial charge in [0.1, 0.15) is 5.75 Å². The first-order chi connectivity index (χ1) is 12.6. The highest BCUT2D eigenvalue weighted by Crippen LogP contribution is 2.23. The monoisotopic (exact) mass is 369 g/mol. The van der Waals surface area contributed by atoms with Gasteiger partial charge in [-0.15, -0.1) is 0 Å². The molecule has 3 rings (SSSR count). The molecule has 1 amide bonds. The second-order valence-corrected chi connectivity index (χ2v) is 6.29. The first kappa shape index (κ1) is 18.0. The molecule has 0 saturated heterocycles. The third-order valence-electron chi connectivity index (χ3n) is 3.78. The number of nitrogens with one attached hydrogen (secondary N) is 1. The van der Waals surface area contributed by atoms with Crippen molar-refractivity contribution in [3.05, 3.63) is 71.5 Å². The SMILES string of the molecule is Cc1ccn(-c2ccc(NC(=O)CCCOc3ccccc3Cl)cc2)n1. The van der Waals surface area contributed by atoms with E-state index in [0.717, 1.165) is 17.1 Å². The third kappa shape index (κ3) is 4.86. The summed E-state index contributed by atoms with van der Waals surface area (Å²) in [6, 6.07) is 16.8. The number of aromatic nitrogens is 2. The quantitative estimate of drug-likeness (QED) is 0.617.